The van der Waals surface area contributed by atoms with Crippen molar-refractivity contribution in [3.63, 3.8) is 0 Å². The summed E-state index contributed by atoms with van der Waals surface area (Å²) in [6.45, 7) is 7.47. The number of nitrogens with zero attached hydrogens (tertiary/aromatic N) is 6. The first-order chi connectivity index (χ1) is 12.1. The van der Waals surface area contributed by atoms with Gasteiger partial charge >= 0.3 is 0 Å². The standard InChI is InChI=1S/C16H25N7O2/c1-3-13-8-14(25-19-13)9-17-16(24)11-23-15(18-20-21-23)10-22-6-4-12(2)5-7-22/h8,12H,3-7,9-11H2,1-2H3,(H,17,24). The molecule has 1 amide bonds. The zero-order valence-electron chi connectivity index (χ0n) is 14.8. The summed E-state index contributed by atoms with van der Waals surface area (Å²) in [7, 11) is 0. The molecular formula is C16H25N7O2. The van der Waals surface area contributed by atoms with Crippen LogP contribution in [0, 0.1) is 5.92 Å². The molecule has 1 fully saturated rings. The van der Waals surface area contributed by atoms with Gasteiger partial charge in [-0.15, -0.1) is 5.10 Å². The zero-order valence-corrected chi connectivity index (χ0v) is 14.8. The predicted octanol–water partition coefficient (Wildman–Crippen LogP) is 0.772. The number of carbonyl (C=O) groups is 1. The van der Waals surface area contributed by atoms with Crippen molar-refractivity contribution in [2.45, 2.75) is 52.7 Å². The Morgan fingerprint density at radius 2 is 2.20 bits per heavy atom. The topological polar surface area (TPSA) is 102 Å². The average Bonchev–Trinajstić information content (AvgIpc) is 3.24. The van der Waals surface area contributed by atoms with Crippen molar-refractivity contribution in [1.82, 2.24) is 35.6 Å². The van der Waals surface area contributed by atoms with Crippen LogP contribution in [0.5, 0.6) is 0 Å². The van der Waals surface area contributed by atoms with Crippen molar-refractivity contribution >= 4 is 5.91 Å². The van der Waals surface area contributed by atoms with Gasteiger partial charge in [0.25, 0.3) is 0 Å². The molecule has 1 saturated heterocycles. The second-order valence-corrected chi connectivity index (χ2v) is 6.63. The number of aryl methyl sites for hydroxylation is 1. The number of hydrogen-bond donors (Lipinski definition) is 1. The molecule has 1 aliphatic heterocycles. The second-order valence-electron chi connectivity index (χ2n) is 6.63. The number of aromatic nitrogens is 5. The van der Waals surface area contributed by atoms with Gasteiger partial charge < -0.3 is 9.84 Å². The van der Waals surface area contributed by atoms with Gasteiger partial charge in [0.05, 0.1) is 18.8 Å². The highest BCUT2D eigenvalue weighted by Gasteiger charge is 2.19. The molecule has 1 aliphatic rings. The van der Waals surface area contributed by atoms with Crippen LogP contribution in [0.3, 0.4) is 0 Å². The van der Waals surface area contributed by atoms with E-state index in [2.05, 4.69) is 37.8 Å². The number of piperidine rings is 1. The Balaban J connectivity index is 1.49. The highest BCUT2D eigenvalue weighted by Crippen LogP contribution is 2.17. The van der Waals surface area contributed by atoms with E-state index in [4.69, 9.17) is 4.52 Å². The third-order valence-corrected chi connectivity index (χ3v) is 4.57. The summed E-state index contributed by atoms with van der Waals surface area (Å²) in [5.41, 5.74) is 0.878. The van der Waals surface area contributed by atoms with E-state index >= 15 is 0 Å². The molecule has 9 heteroatoms. The van der Waals surface area contributed by atoms with E-state index < -0.39 is 0 Å². The fourth-order valence-electron chi connectivity index (χ4n) is 2.86. The minimum absolute atomic E-state index is 0.0986. The first-order valence-corrected chi connectivity index (χ1v) is 8.82. The molecule has 0 saturated carbocycles. The van der Waals surface area contributed by atoms with Crippen molar-refractivity contribution < 1.29 is 9.32 Å². The van der Waals surface area contributed by atoms with Crippen LogP contribution in [0.4, 0.5) is 0 Å². The van der Waals surface area contributed by atoms with Gasteiger partial charge in [-0.3, -0.25) is 9.69 Å². The number of likely N-dealkylation sites (tertiary alicyclic amines) is 1. The Hall–Kier alpha value is -2.29. The highest BCUT2D eigenvalue weighted by molar-refractivity contribution is 5.75. The van der Waals surface area contributed by atoms with Crippen molar-refractivity contribution in [3.05, 3.63) is 23.3 Å². The normalized spacial score (nSPS) is 16.2. The number of tetrazole rings is 1. The molecular weight excluding hydrogens is 322 g/mol. The van der Waals surface area contributed by atoms with Crippen LogP contribution in [0.15, 0.2) is 10.6 Å². The number of rotatable bonds is 7. The minimum Gasteiger partial charge on any atom is -0.359 e. The predicted molar refractivity (Wildman–Crippen MR) is 89.2 cm³/mol. The summed E-state index contributed by atoms with van der Waals surface area (Å²) >= 11 is 0. The zero-order chi connectivity index (χ0) is 17.6. The minimum atomic E-state index is -0.157. The van der Waals surface area contributed by atoms with Crippen LogP contribution in [0.1, 0.15) is 44.0 Å². The van der Waals surface area contributed by atoms with Crippen LogP contribution >= 0.6 is 0 Å². The van der Waals surface area contributed by atoms with Gasteiger partial charge in [-0.2, -0.15) is 0 Å². The van der Waals surface area contributed by atoms with Gasteiger partial charge in [0.15, 0.2) is 11.6 Å². The van der Waals surface area contributed by atoms with Crippen LogP contribution in [-0.4, -0.2) is 49.3 Å². The van der Waals surface area contributed by atoms with Gasteiger partial charge in [-0.05, 0) is 48.7 Å². The number of carbonyl (C=O) groups excluding carboxylic acids is 1. The van der Waals surface area contributed by atoms with Crippen molar-refractivity contribution in [1.29, 1.82) is 0 Å². The Labute approximate surface area is 146 Å². The summed E-state index contributed by atoms with van der Waals surface area (Å²) in [4.78, 5) is 14.5. The molecule has 9 nitrogen and oxygen atoms in total. The average molecular weight is 347 g/mol. The van der Waals surface area contributed by atoms with Crippen molar-refractivity contribution in [3.8, 4) is 0 Å². The molecule has 3 rings (SSSR count). The molecule has 0 spiro atoms. The summed E-state index contributed by atoms with van der Waals surface area (Å²) in [5, 5.41) is 18.4. The second kappa shape index (κ2) is 8.19. The van der Waals surface area contributed by atoms with Gasteiger partial charge in [0.1, 0.15) is 6.54 Å². The van der Waals surface area contributed by atoms with Gasteiger partial charge in [-0.25, -0.2) is 4.68 Å². The lowest BCUT2D eigenvalue weighted by Gasteiger charge is -2.29. The molecule has 136 valence electrons. The van der Waals surface area contributed by atoms with E-state index in [1.165, 1.54) is 12.8 Å². The van der Waals surface area contributed by atoms with E-state index in [1.807, 2.05) is 13.0 Å². The fourth-order valence-corrected chi connectivity index (χ4v) is 2.86. The molecule has 25 heavy (non-hydrogen) atoms. The molecule has 2 aromatic rings. The molecule has 0 atom stereocenters. The van der Waals surface area contributed by atoms with Gasteiger partial charge in [-0.1, -0.05) is 19.0 Å². The highest BCUT2D eigenvalue weighted by atomic mass is 16.5. The maximum Gasteiger partial charge on any atom is 0.242 e. The number of hydrogen-bond acceptors (Lipinski definition) is 7. The summed E-state index contributed by atoms with van der Waals surface area (Å²) in [5.74, 6) is 1.99. The lowest BCUT2D eigenvalue weighted by atomic mass is 9.99. The number of amides is 1. The van der Waals surface area contributed by atoms with E-state index in [1.54, 1.807) is 4.68 Å². The maximum atomic E-state index is 12.1. The molecule has 0 unspecified atom stereocenters. The SMILES string of the molecule is CCc1cc(CNC(=O)Cn2nnnc2CN2CCC(C)CC2)on1. The van der Waals surface area contributed by atoms with Gasteiger partial charge in [0.2, 0.25) is 5.91 Å². The van der Waals surface area contributed by atoms with E-state index in [9.17, 15) is 4.79 Å². The smallest absolute Gasteiger partial charge is 0.242 e. The monoisotopic (exact) mass is 347 g/mol. The van der Waals surface area contributed by atoms with E-state index in [-0.39, 0.29) is 12.5 Å². The first kappa shape index (κ1) is 17.5. The largest absolute Gasteiger partial charge is 0.359 e. The third-order valence-electron chi connectivity index (χ3n) is 4.57. The molecule has 3 heterocycles. The molecule has 0 radical (unpaired) electrons. The van der Waals surface area contributed by atoms with E-state index in [0.717, 1.165) is 36.9 Å². The van der Waals surface area contributed by atoms with Crippen molar-refractivity contribution in [2.24, 2.45) is 5.92 Å². The molecule has 0 aliphatic carbocycles. The van der Waals surface area contributed by atoms with Crippen LogP contribution in [-0.2, 0) is 30.8 Å². The van der Waals surface area contributed by atoms with Crippen molar-refractivity contribution in [2.75, 3.05) is 13.1 Å². The fraction of sp³-hybridized carbons (Fsp3) is 0.688. The Morgan fingerprint density at radius 1 is 1.40 bits per heavy atom. The lowest BCUT2D eigenvalue weighted by molar-refractivity contribution is -0.122. The lowest BCUT2D eigenvalue weighted by Crippen LogP contribution is -2.34. The summed E-state index contributed by atoms with van der Waals surface area (Å²) in [6, 6.07) is 1.85. The molecule has 0 bridgehead atoms. The Kier molecular flexibility index (Phi) is 5.75. The Morgan fingerprint density at radius 3 is 2.92 bits per heavy atom. The molecule has 0 aromatic carbocycles. The maximum absolute atomic E-state index is 12.1. The quantitative estimate of drug-likeness (QED) is 0.789. The molecule has 2 aromatic heterocycles. The van der Waals surface area contributed by atoms with Crippen LogP contribution < -0.4 is 5.32 Å². The summed E-state index contributed by atoms with van der Waals surface area (Å²) in [6.07, 6.45) is 3.19. The van der Waals surface area contributed by atoms with E-state index in [0.29, 0.717) is 18.8 Å². The first-order valence-electron chi connectivity index (χ1n) is 8.82. The third kappa shape index (κ3) is 4.85. The molecule has 1 N–H and O–H groups in total. The van der Waals surface area contributed by atoms with Gasteiger partial charge in [0, 0.05) is 6.07 Å². The van der Waals surface area contributed by atoms with Crippen LogP contribution in [0.2, 0.25) is 0 Å². The number of nitrogens with one attached hydrogen (secondary N) is 1. The Bertz CT molecular complexity index is 688. The van der Waals surface area contributed by atoms with Crippen LogP contribution in [0.25, 0.3) is 0 Å². The summed E-state index contributed by atoms with van der Waals surface area (Å²) < 4.78 is 6.72.